The van der Waals surface area contributed by atoms with Crippen molar-refractivity contribution >= 4 is 11.8 Å². The van der Waals surface area contributed by atoms with Crippen LogP contribution in [-0.2, 0) is 14.3 Å². The van der Waals surface area contributed by atoms with Crippen molar-refractivity contribution in [1.29, 1.82) is 0 Å². The van der Waals surface area contributed by atoms with Gasteiger partial charge in [0.05, 0.1) is 12.7 Å². The lowest BCUT2D eigenvalue weighted by atomic mass is 10.1. The Hall–Kier alpha value is -1.66. The summed E-state index contributed by atoms with van der Waals surface area (Å²) in [4.78, 5) is 26.6. The van der Waals surface area contributed by atoms with Crippen molar-refractivity contribution in [3.05, 3.63) is 24.3 Å². The Bertz CT molecular complexity index is 516. The first-order chi connectivity index (χ1) is 15.0. The quantitative estimate of drug-likeness (QED) is 0.194. The molecular formula is C25H45N3O3. The molecule has 1 saturated heterocycles. The summed E-state index contributed by atoms with van der Waals surface area (Å²) in [6.45, 7) is 11.3. The highest BCUT2D eigenvalue weighted by Crippen LogP contribution is 2.15. The maximum Gasteiger partial charge on any atom is 0.220 e. The van der Waals surface area contributed by atoms with Gasteiger partial charge < -0.3 is 15.4 Å². The third-order valence-corrected chi connectivity index (χ3v) is 5.49. The van der Waals surface area contributed by atoms with Crippen LogP contribution in [0.4, 0.5) is 0 Å². The molecule has 6 nitrogen and oxygen atoms in total. The Labute approximate surface area is 189 Å². The van der Waals surface area contributed by atoms with Gasteiger partial charge in [-0.3, -0.25) is 14.5 Å². The molecule has 3 unspecified atom stereocenters. The number of hydrogen-bond donors (Lipinski definition) is 2. The Morgan fingerprint density at radius 3 is 1.74 bits per heavy atom. The lowest BCUT2D eigenvalue weighted by Gasteiger charge is -2.34. The summed E-state index contributed by atoms with van der Waals surface area (Å²) in [5.74, 6) is 0.217. The summed E-state index contributed by atoms with van der Waals surface area (Å²) in [6.07, 6.45) is 15.7. The van der Waals surface area contributed by atoms with Crippen LogP contribution in [0.25, 0.3) is 0 Å². The van der Waals surface area contributed by atoms with Crippen LogP contribution in [0, 0.1) is 0 Å². The van der Waals surface area contributed by atoms with Gasteiger partial charge in [-0.2, -0.15) is 0 Å². The van der Waals surface area contributed by atoms with E-state index >= 15 is 0 Å². The van der Waals surface area contributed by atoms with Crippen molar-refractivity contribution in [3.63, 3.8) is 0 Å². The molecular weight excluding hydrogens is 390 g/mol. The highest BCUT2D eigenvalue weighted by molar-refractivity contribution is 5.76. The second kappa shape index (κ2) is 17.0. The first-order valence-electron chi connectivity index (χ1n) is 12.2. The van der Waals surface area contributed by atoms with Crippen molar-refractivity contribution in [2.75, 3.05) is 26.2 Å². The number of ether oxygens (including phenoxy) is 1. The van der Waals surface area contributed by atoms with Gasteiger partial charge in [0, 0.05) is 44.6 Å². The maximum absolute atomic E-state index is 12.1. The second-order valence-electron chi connectivity index (χ2n) is 8.50. The molecule has 31 heavy (non-hydrogen) atoms. The molecule has 1 rings (SSSR count). The molecule has 2 N–H and O–H groups in total. The average Bonchev–Trinajstić information content (AvgIpc) is 3.58. The fourth-order valence-electron chi connectivity index (χ4n) is 3.47. The van der Waals surface area contributed by atoms with Crippen molar-refractivity contribution in [1.82, 2.24) is 15.5 Å². The van der Waals surface area contributed by atoms with Crippen LogP contribution in [0.15, 0.2) is 24.3 Å². The van der Waals surface area contributed by atoms with E-state index in [0.29, 0.717) is 25.9 Å². The van der Waals surface area contributed by atoms with E-state index in [2.05, 4.69) is 67.5 Å². The molecule has 0 aromatic carbocycles. The number of nitrogens with one attached hydrogen (secondary N) is 2. The smallest absolute Gasteiger partial charge is 0.220 e. The normalized spacial score (nSPS) is 17.9. The molecule has 1 aliphatic rings. The van der Waals surface area contributed by atoms with Crippen molar-refractivity contribution in [3.8, 4) is 0 Å². The van der Waals surface area contributed by atoms with Crippen LogP contribution in [0.5, 0.6) is 0 Å². The van der Waals surface area contributed by atoms with Crippen LogP contribution >= 0.6 is 0 Å². The number of unbranched alkanes of at least 4 members (excludes halogenated alkanes) is 2. The topological polar surface area (TPSA) is 74.0 Å². The zero-order chi connectivity index (χ0) is 22.9. The number of nitrogens with zero attached hydrogens (tertiary/aromatic N) is 1. The molecule has 1 aliphatic heterocycles. The minimum absolute atomic E-state index is 0.109. The predicted octanol–water partition coefficient (Wildman–Crippen LogP) is 3.97. The van der Waals surface area contributed by atoms with Crippen LogP contribution < -0.4 is 10.6 Å². The molecule has 3 atom stereocenters. The monoisotopic (exact) mass is 435 g/mol. The predicted molar refractivity (Wildman–Crippen MR) is 128 cm³/mol. The van der Waals surface area contributed by atoms with E-state index in [-0.39, 0.29) is 30.0 Å². The Balaban J connectivity index is 2.35. The molecule has 0 bridgehead atoms. The number of hydrogen-bond acceptors (Lipinski definition) is 4. The lowest BCUT2D eigenvalue weighted by molar-refractivity contribution is -0.121. The summed E-state index contributed by atoms with van der Waals surface area (Å²) in [7, 11) is 0. The molecule has 2 amide bonds. The van der Waals surface area contributed by atoms with E-state index in [1.807, 2.05) is 0 Å². The van der Waals surface area contributed by atoms with Gasteiger partial charge in [-0.05, 0) is 52.4 Å². The Morgan fingerprint density at radius 2 is 1.35 bits per heavy atom. The van der Waals surface area contributed by atoms with Gasteiger partial charge in [-0.15, -0.1) is 0 Å². The number of rotatable bonds is 18. The fourth-order valence-corrected chi connectivity index (χ4v) is 3.47. The van der Waals surface area contributed by atoms with Gasteiger partial charge in [0.25, 0.3) is 0 Å². The standard InChI is InChI=1S/C25H45N3O3/c1-5-7-9-11-13-15-24(29)26-17-21(3)28(19-23-20-31-23)22(4)18-27-25(30)16-14-12-10-8-6-2/h7-10,21-23H,5-6,11-20H2,1-4H3,(H,26,29)(H,27,30)/b9-7+,10-8+. The highest BCUT2D eigenvalue weighted by Gasteiger charge is 2.30. The molecule has 0 aromatic heterocycles. The molecule has 0 aliphatic carbocycles. The van der Waals surface area contributed by atoms with E-state index in [1.165, 1.54) is 0 Å². The molecule has 0 spiro atoms. The van der Waals surface area contributed by atoms with Crippen LogP contribution in [-0.4, -0.2) is 61.1 Å². The summed E-state index contributed by atoms with van der Waals surface area (Å²) in [6, 6.07) is 0.360. The number of epoxide rings is 1. The van der Waals surface area contributed by atoms with Crippen molar-refractivity contribution < 1.29 is 14.3 Å². The SMILES string of the molecule is CC/C=C/CCCC(=O)NCC(C)N(CC1CO1)C(C)CNC(=O)CCC/C=C/CC. The number of carbonyl (C=O) groups excluding carboxylic acids is 2. The zero-order valence-corrected chi connectivity index (χ0v) is 20.2. The van der Waals surface area contributed by atoms with Gasteiger partial charge in [0.15, 0.2) is 0 Å². The van der Waals surface area contributed by atoms with Crippen LogP contribution in [0.1, 0.15) is 79.1 Å². The van der Waals surface area contributed by atoms with Crippen LogP contribution in [0.2, 0.25) is 0 Å². The van der Waals surface area contributed by atoms with Gasteiger partial charge in [0.2, 0.25) is 11.8 Å². The summed E-state index contributed by atoms with van der Waals surface area (Å²) in [5, 5.41) is 6.15. The molecule has 1 fully saturated rings. The summed E-state index contributed by atoms with van der Waals surface area (Å²) in [5.41, 5.74) is 0. The minimum Gasteiger partial charge on any atom is -0.372 e. The first kappa shape index (κ1) is 27.4. The third kappa shape index (κ3) is 14.1. The van der Waals surface area contributed by atoms with E-state index < -0.39 is 0 Å². The van der Waals surface area contributed by atoms with Gasteiger partial charge >= 0.3 is 0 Å². The maximum atomic E-state index is 12.1. The lowest BCUT2D eigenvalue weighted by Crippen LogP contribution is -2.51. The van der Waals surface area contributed by atoms with Gasteiger partial charge in [-0.1, -0.05) is 38.2 Å². The van der Waals surface area contributed by atoms with Gasteiger partial charge in [-0.25, -0.2) is 0 Å². The van der Waals surface area contributed by atoms with E-state index in [1.54, 1.807) is 0 Å². The van der Waals surface area contributed by atoms with E-state index in [4.69, 9.17) is 4.74 Å². The molecule has 0 aromatic rings. The minimum atomic E-state index is 0.109. The van der Waals surface area contributed by atoms with E-state index in [9.17, 15) is 9.59 Å². The second-order valence-corrected chi connectivity index (χ2v) is 8.50. The molecule has 0 saturated carbocycles. The Morgan fingerprint density at radius 1 is 0.903 bits per heavy atom. The molecule has 178 valence electrons. The number of amides is 2. The molecule has 1 heterocycles. The average molecular weight is 436 g/mol. The van der Waals surface area contributed by atoms with E-state index in [0.717, 1.165) is 51.7 Å². The zero-order valence-electron chi connectivity index (χ0n) is 20.2. The fraction of sp³-hybridized carbons (Fsp3) is 0.760. The third-order valence-electron chi connectivity index (χ3n) is 5.49. The number of allylic oxidation sites excluding steroid dienone is 4. The van der Waals surface area contributed by atoms with Crippen LogP contribution in [0.3, 0.4) is 0 Å². The first-order valence-corrected chi connectivity index (χ1v) is 12.2. The highest BCUT2D eigenvalue weighted by atomic mass is 16.6. The van der Waals surface area contributed by atoms with Crippen molar-refractivity contribution in [2.24, 2.45) is 0 Å². The number of carbonyl (C=O) groups is 2. The summed E-state index contributed by atoms with van der Waals surface area (Å²) >= 11 is 0. The summed E-state index contributed by atoms with van der Waals surface area (Å²) < 4.78 is 5.43. The largest absolute Gasteiger partial charge is 0.372 e. The molecule has 6 heteroatoms. The van der Waals surface area contributed by atoms with Crippen molar-refractivity contribution in [2.45, 2.75) is 97.2 Å². The Kier molecular flexibility index (Phi) is 15.0. The molecule has 0 radical (unpaired) electrons. The van der Waals surface area contributed by atoms with Gasteiger partial charge in [0.1, 0.15) is 0 Å².